The SMILES string of the molecule is Cc1ccc(NC(=O)N(CCNC(=O)C2CCCCC2)c2cccc(C(F)(F)F)c2)cc1. The first-order chi connectivity index (χ1) is 15.2. The van der Waals surface area contributed by atoms with Gasteiger partial charge in [0.2, 0.25) is 5.91 Å². The Hall–Kier alpha value is -3.03. The van der Waals surface area contributed by atoms with Crippen LogP contribution in [0.2, 0.25) is 0 Å². The summed E-state index contributed by atoms with van der Waals surface area (Å²) in [5, 5.41) is 5.56. The van der Waals surface area contributed by atoms with Crippen LogP contribution in [-0.4, -0.2) is 25.0 Å². The van der Waals surface area contributed by atoms with Crippen molar-refractivity contribution in [2.75, 3.05) is 23.3 Å². The minimum Gasteiger partial charge on any atom is -0.354 e. The molecule has 1 aliphatic rings. The Kier molecular flexibility index (Phi) is 7.77. The van der Waals surface area contributed by atoms with E-state index in [1.807, 2.05) is 19.1 Å². The second-order valence-corrected chi connectivity index (χ2v) is 8.12. The van der Waals surface area contributed by atoms with Gasteiger partial charge in [0.05, 0.1) is 5.56 Å². The Morgan fingerprint density at radius 3 is 2.38 bits per heavy atom. The van der Waals surface area contributed by atoms with Crippen molar-refractivity contribution < 1.29 is 22.8 Å². The first kappa shape index (κ1) is 23.6. The number of carbonyl (C=O) groups is 2. The minimum atomic E-state index is -4.52. The quantitative estimate of drug-likeness (QED) is 0.592. The maximum Gasteiger partial charge on any atom is 0.416 e. The molecular formula is C24H28F3N3O2. The topological polar surface area (TPSA) is 61.4 Å². The highest BCUT2D eigenvalue weighted by Gasteiger charge is 2.31. The molecule has 0 aliphatic heterocycles. The summed E-state index contributed by atoms with van der Waals surface area (Å²) in [6.45, 7) is 2.10. The predicted molar refractivity (Wildman–Crippen MR) is 119 cm³/mol. The number of hydrogen-bond donors (Lipinski definition) is 2. The van der Waals surface area contributed by atoms with Crippen LogP contribution in [0.1, 0.15) is 43.2 Å². The Morgan fingerprint density at radius 1 is 1.03 bits per heavy atom. The second kappa shape index (κ2) is 10.5. The molecule has 3 rings (SSSR count). The van der Waals surface area contributed by atoms with Crippen LogP contribution < -0.4 is 15.5 Å². The van der Waals surface area contributed by atoms with E-state index in [9.17, 15) is 22.8 Å². The van der Waals surface area contributed by atoms with Crippen LogP contribution in [0.4, 0.5) is 29.3 Å². The number of nitrogens with one attached hydrogen (secondary N) is 2. The van der Waals surface area contributed by atoms with E-state index in [1.54, 1.807) is 12.1 Å². The Labute approximate surface area is 186 Å². The summed E-state index contributed by atoms with van der Waals surface area (Å²) < 4.78 is 39.6. The molecule has 2 aromatic carbocycles. The zero-order valence-corrected chi connectivity index (χ0v) is 18.0. The van der Waals surface area contributed by atoms with E-state index in [1.165, 1.54) is 17.0 Å². The number of halogens is 3. The number of nitrogens with zero attached hydrogens (tertiary/aromatic N) is 1. The van der Waals surface area contributed by atoms with Gasteiger partial charge in [0.1, 0.15) is 0 Å². The van der Waals surface area contributed by atoms with Gasteiger partial charge in [0.15, 0.2) is 0 Å². The van der Waals surface area contributed by atoms with Gasteiger partial charge in [0, 0.05) is 30.4 Å². The molecule has 0 spiro atoms. The van der Waals surface area contributed by atoms with Gasteiger partial charge in [-0.2, -0.15) is 13.2 Å². The lowest BCUT2D eigenvalue weighted by atomic mass is 9.89. The molecule has 0 atom stereocenters. The van der Waals surface area contributed by atoms with Gasteiger partial charge in [-0.25, -0.2) is 4.79 Å². The molecule has 0 bridgehead atoms. The van der Waals surface area contributed by atoms with Crippen molar-refractivity contribution in [3.05, 3.63) is 59.7 Å². The molecule has 0 unspecified atom stereocenters. The lowest BCUT2D eigenvalue weighted by Crippen LogP contribution is -2.42. The van der Waals surface area contributed by atoms with Gasteiger partial charge in [-0.15, -0.1) is 0 Å². The van der Waals surface area contributed by atoms with Crippen LogP contribution in [0.15, 0.2) is 48.5 Å². The number of hydrogen-bond acceptors (Lipinski definition) is 2. The van der Waals surface area contributed by atoms with Crippen molar-refractivity contribution in [1.82, 2.24) is 5.32 Å². The molecule has 32 heavy (non-hydrogen) atoms. The van der Waals surface area contributed by atoms with E-state index >= 15 is 0 Å². The van der Waals surface area contributed by atoms with Crippen LogP contribution in [0.25, 0.3) is 0 Å². The van der Waals surface area contributed by atoms with Crippen molar-refractivity contribution in [2.24, 2.45) is 5.92 Å². The van der Waals surface area contributed by atoms with Crippen LogP contribution >= 0.6 is 0 Å². The smallest absolute Gasteiger partial charge is 0.354 e. The van der Waals surface area contributed by atoms with Crippen molar-refractivity contribution in [1.29, 1.82) is 0 Å². The van der Waals surface area contributed by atoms with Crippen molar-refractivity contribution in [3.8, 4) is 0 Å². The van der Waals surface area contributed by atoms with Crippen molar-refractivity contribution >= 4 is 23.3 Å². The van der Waals surface area contributed by atoms with E-state index in [0.29, 0.717) is 5.69 Å². The normalized spacial score (nSPS) is 14.6. The monoisotopic (exact) mass is 447 g/mol. The highest BCUT2D eigenvalue weighted by molar-refractivity contribution is 6.01. The number of alkyl halides is 3. The largest absolute Gasteiger partial charge is 0.416 e. The van der Waals surface area contributed by atoms with Gasteiger partial charge in [-0.1, -0.05) is 43.0 Å². The maximum atomic E-state index is 13.2. The molecule has 2 N–H and O–H groups in total. The molecule has 1 fully saturated rings. The second-order valence-electron chi connectivity index (χ2n) is 8.12. The van der Waals surface area contributed by atoms with E-state index in [4.69, 9.17) is 0 Å². The summed E-state index contributed by atoms with van der Waals surface area (Å²) in [7, 11) is 0. The molecule has 0 aromatic heterocycles. The summed E-state index contributed by atoms with van der Waals surface area (Å²) in [6, 6.07) is 11.2. The number of aryl methyl sites for hydroxylation is 1. The molecule has 0 radical (unpaired) electrons. The molecular weight excluding hydrogens is 419 g/mol. The first-order valence-corrected chi connectivity index (χ1v) is 10.8. The molecule has 172 valence electrons. The fourth-order valence-electron chi connectivity index (χ4n) is 3.83. The van der Waals surface area contributed by atoms with E-state index in [2.05, 4.69) is 10.6 Å². The minimum absolute atomic E-state index is 0.0351. The van der Waals surface area contributed by atoms with Gasteiger partial charge in [-0.3, -0.25) is 9.69 Å². The standard InChI is InChI=1S/C24H28F3N3O2/c1-17-10-12-20(13-11-17)29-23(32)30(21-9-5-8-19(16-21)24(25,26)27)15-14-28-22(31)18-6-3-2-4-7-18/h5,8-13,16,18H,2-4,6-7,14-15H2,1H3,(H,28,31)(H,29,32). The maximum absolute atomic E-state index is 13.2. The number of carbonyl (C=O) groups excluding carboxylic acids is 2. The van der Waals surface area contributed by atoms with E-state index < -0.39 is 17.8 Å². The number of rotatable bonds is 6. The van der Waals surface area contributed by atoms with Crippen molar-refractivity contribution in [2.45, 2.75) is 45.2 Å². The van der Waals surface area contributed by atoms with Gasteiger partial charge < -0.3 is 10.6 Å². The van der Waals surface area contributed by atoms with E-state index in [-0.39, 0.29) is 30.6 Å². The average Bonchev–Trinajstić information content (AvgIpc) is 2.78. The number of urea groups is 1. The van der Waals surface area contributed by atoms with Crippen molar-refractivity contribution in [3.63, 3.8) is 0 Å². The molecule has 5 nitrogen and oxygen atoms in total. The summed E-state index contributed by atoms with van der Waals surface area (Å²) in [6.07, 6.45) is 0.339. The summed E-state index contributed by atoms with van der Waals surface area (Å²) >= 11 is 0. The molecule has 1 aliphatic carbocycles. The van der Waals surface area contributed by atoms with Gasteiger partial charge in [-0.05, 0) is 50.1 Å². The van der Waals surface area contributed by atoms with Crippen LogP contribution in [0, 0.1) is 12.8 Å². The van der Waals surface area contributed by atoms with Crippen LogP contribution in [0.5, 0.6) is 0 Å². The third-order valence-corrected chi connectivity index (χ3v) is 5.64. The highest BCUT2D eigenvalue weighted by atomic mass is 19.4. The zero-order chi connectivity index (χ0) is 23.1. The molecule has 3 amide bonds. The zero-order valence-electron chi connectivity index (χ0n) is 18.0. The summed E-state index contributed by atoms with van der Waals surface area (Å²) in [5.41, 5.74) is 0.817. The first-order valence-electron chi connectivity index (χ1n) is 10.8. The molecule has 0 saturated heterocycles. The van der Waals surface area contributed by atoms with Gasteiger partial charge in [0.25, 0.3) is 0 Å². The molecule has 8 heteroatoms. The Bertz CT molecular complexity index is 923. The molecule has 0 heterocycles. The third-order valence-electron chi connectivity index (χ3n) is 5.64. The predicted octanol–water partition coefficient (Wildman–Crippen LogP) is 5.75. The third kappa shape index (κ3) is 6.48. The number of anilines is 2. The number of amides is 3. The average molecular weight is 448 g/mol. The summed E-state index contributed by atoms with van der Waals surface area (Å²) in [4.78, 5) is 26.6. The fraction of sp³-hybridized carbons (Fsp3) is 0.417. The van der Waals surface area contributed by atoms with Crippen LogP contribution in [0.3, 0.4) is 0 Å². The molecule has 2 aromatic rings. The lowest BCUT2D eigenvalue weighted by molar-refractivity contribution is -0.137. The Balaban J connectivity index is 1.73. The van der Waals surface area contributed by atoms with E-state index in [0.717, 1.165) is 49.8 Å². The van der Waals surface area contributed by atoms with Gasteiger partial charge >= 0.3 is 12.2 Å². The summed E-state index contributed by atoms with van der Waals surface area (Å²) in [5.74, 6) is -0.0974. The molecule has 1 saturated carbocycles. The lowest BCUT2D eigenvalue weighted by Gasteiger charge is -2.25. The Morgan fingerprint density at radius 2 is 1.72 bits per heavy atom. The van der Waals surface area contributed by atoms with Crippen LogP contribution in [-0.2, 0) is 11.0 Å². The number of benzene rings is 2. The fourth-order valence-corrected chi connectivity index (χ4v) is 3.83. The highest BCUT2D eigenvalue weighted by Crippen LogP contribution is 2.32.